The van der Waals surface area contributed by atoms with Crippen molar-refractivity contribution in [2.24, 2.45) is 5.73 Å². The Bertz CT molecular complexity index is 541. The molecule has 2 amide bonds. The third kappa shape index (κ3) is 4.35. The van der Waals surface area contributed by atoms with E-state index in [-0.39, 0.29) is 0 Å². The maximum absolute atomic E-state index is 10.6. The normalized spacial score (nSPS) is 9.89. The minimum atomic E-state index is -0.532. The number of nitrogens with one attached hydrogen (secondary N) is 1. The van der Waals surface area contributed by atoms with Crippen molar-refractivity contribution in [2.75, 3.05) is 0 Å². The van der Waals surface area contributed by atoms with Gasteiger partial charge in [-0.15, -0.1) is 0 Å². The molecule has 0 bridgehead atoms. The number of primary amides is 1. The molecule has 2 rings (SSSR count). The Hall–Kier alpha value is -2.49. The molecule has 0 aliphatic carbocycles. The molecular weight excluding hydrogens is 240 g/mol. The molecule has 0 unspecified atom stereocenters. The van der Waals surface area contributed by atoms with E-state index in [1.807, 2.05) is 54.6 Å². The van der Waals surface area contributed by atoms with Gasteiger partial charge in [-0.1, -0.05) is 42.5 Å². The molecule has 0 aliphatic heterocycles. The Kier molecular flexibility index (Phi) is 4.39. The van der Waals surface area contributed by atoms with E-state index in [4.69, 9.17) is 10.5 Å². The maximum Gasteiger partial charge on any atom is 0.312 e. The fourth-order valence-corrected chi connectivity index (χ4v) is 1.68. The predicted molar refractivity (Wildman–Crippen MR) is 73.6 cm³/mol. The molecule has 0 aliphatic rings. The lowest BCUT2D eigenvalue weighted by Gasteiger charge is -2.08. The van der Waals surface area contributed by atoms with Crippen molar-refractivity contribution in [3.8, 4) is 5.75 Å². The highest BCUT2D eigenvalue weighted by molar-refractivity contribution is 5.71. The summed E-state index contributed by atoms with van der Waals surface area (Å²) in [7, 11) is 0. The fourth-order valence-electron chi connectivity index (χ4n) is 1.68. The van der Waals surface area contributed by atoms with E-state index in [2.05, 4.69) is 5.32 Å². The maximum atomic E-state index is 10.6. The zero-order valence-corrected chi connectivity index (χ0v) is 10.5. The van der Waals surface area contributed by atoms with Gasteiger partial charge in [0.2, 0.25) is 0 Å². The monoisotopic (exact) mass is 256 g/mol. The molecule has 0 saturated heterocycles. The fraction of sp³-hybridized carbons (Fsp3) is 0.133. The van der Waals surface area contributed by atoms with Crippen LogP contribution >= 0.6 is 0 Å². The van der Waals surface area contributed by atoms with Gasteiger partial charge in [0.05, 0.1) is 0 Å². The molecular formula is C15H16N2O2. The van der Waals surface area contributed by atoms with Crippen LogP contribution < -0.4 is 15.8 Å². The van der Waals surface area contributed by atoms with Crippen LogP contribution in [0.3, 0.4) is 0 Å². The summed E-state index contributed by atoms with van der Waals surface area (Å²) in [6.45, 7) is 0.922. The summed E-state index contributed by atoms with van der Waals surface area (Å²) in [5, 5.41) is 2.55. The lowest BCUT2D eigenvalue weighted by atomic mass is 10.2. The first-order valence-electron chi connectivity index (χ1n) is 6.03. The van der Waals surface area contributed by atoms with E-state index in [9.17, 15) is 4.79 Å². The predicted octanol–water partition coefficient (Wildman–Crippen LogP) is 2.43. The van der Waals surface area contributed by atoms with Gasteiger partial charge >= 0.3 is 6.03 Å². The van der Waals surface area contributed by atoms with Crippen LogP contribution in [0, 0.1) is 0 Å². The van der Waals surface area contributed by atoms with Crippen molar-refractivity contribution >= 4 is 6.03 Å². The van der Waals surface area contributed by atoms with Crippen molar-refractivity contribution in [1.29, 1.82) is 0 Å². The quantitative estimate of drug-likeness (QED) is 0.863. The summed E-state index contributed by atoms with van der Waals surface area (Å²) >= 11 is 0. The number of hydrogen-bond acceptors (Lipinski definition) is 2. The number of rotatable bonds is 5. The first kappa shape index (κ1) is 13.0. The number of benzene rings is 2. The van der Waals surface area contributed by atoms with Gasteiger partial charge in [-0.25, -0.2) is 4.79 Å². The molecule has 3 N–H and O–H groups in total. The van der Waals surface area contributed by atoms with Gasteiger partial charge in [-0.3, -0.25) is 0 Å². The minimum absolute atomic E-state index is 0.401. The summed E-state index contributed by atoms with van der Waals surface area (Å²) in [5.41, 5.74) is 7.09. The van der Waals surface area contributed by atoms with Gasteiger partial charge < -0.3 is 15.8 Å². The largest absolute Gasteiger partial charge is 0.489 e. The van der Waals surface area contributed by atoms with E-state index >= 15 is 0 Å². The highest BCUT2D eigenvalue weighted by Gasteiger charge is 1.99. The van der Waals surface area contributed by atoms with Crippen LogP contribution in [0.1, 0.15) is 11.1 Å². The lowest BCUT2D eigenvalue weighted by molar-refractivity contribution is 0.248. The number of urea groups is 1. The minimum Gasteiger partial charge on any atom is -0.489 e. The van der Waals surface area contributed by atoms with Crippen LogP contribution in [0.15, 0.2) is 54.6 Å². The first-order valence-corrected chi connectivity index (χ1v) is 6.03. The van der Waals surface area contributed by atoms with Gasteiger partial charge in [0.25, 0.3) is 0 Å². The standard InChI is InChI=1S/C15H16N2O2/c16-15(18)17-10-13-7-4-8-14(9-13)19-11-12-5-2-1-3-6-12/h1-9H,10-11H2,(H3,16,17,18). The topological polar surface area (TPSA) is 64.4 Å². The number of carbonyl (C=O) groups is 1. The molecule has 0 heterocycles. The second-order valence-corrected chi connectivity index (χ2v) is 4.14. The van der Waals surface area contributed by atoms with Crippen LogP contribution in [0.5, 0.6) is 5.75 Å². The number of carbonyl (C=O) groups excluding carboxylic acids is 1. The molecule has 0 spiro atoms. The van der Waals surface area contributed by atoms with Gasteiger partial charge in [-0.05, 0) is 23.3 Å². The van der Waals surface area contributed by atoms with Gasteiger partial charge in [0.1, 0.15) is 12.4 Å². The summed E-state index contributed by atoms with van der Waals surface area (Å²) in [5.74, 6) is 0.771. The van der Waals surface area contributed by atoms with Crippen molar-refractivity contribution in [1.82, 2.24) is 5.32 Å². The number of ether oxygens (including phenoxy) is 1. The highest BCUT2D eigenvalue weighted by atomic mass is 16.5. The SMILES string of the molecule is NC(=O)NCc1cccc(OCc2ccccc2)c1. The van der Waals surface area contributed by atoms with Gasteiger partial charge in [0, 0.05) is 6.54 Å². The van der Waals surface area contributed by atoms with E-state index in [1.54, 1.807) is 0 Å². The Morgan fingerprint density at radius 1 is 1.05 bits per heavy atom. The second kappa shape index (κ2) is 6.44. The zero-order chi connectivity index (χ0) is 13.5. The lowest BCUT2D eigenvalue weighted by Crippen LogP contribution is -2.28. The third-order valence-corrected chi connectivity index (χ3v) is 2.61. The molecule has 2 aromatic rings. The van der Waals surface area contributed by atoms with Crippen LogP contribution in [0.2, 0.25) is 0 Å². The van der Waals surface area contributed by atoms with E-state index in [0.29, 0.717) is 13.2 Å². The summed E-state index contributed by atoms with van der Waals surface area (Å²) < 4.78 is 5.70. The van der Waals surface area contributed by atoms with Crippen molar-refractivity contribution in [2.45, 2.75) is 13.2 Å². The second-order valence-electron chi connectivity index (χ2n) is 4.14. The Morgan fingerprint density at radius 3 is 2.53 bits per heavy atom. The Morgan fingerprint density at radius 2 is 1.79 bits per heavy atom. The van der Waals surface area contributed by atoms with Crippen molar-refractivity contribution < 1.29 is 9.53 Å². The smallest absolute Gasteiger partial charge is 0.312 e. The summed E-state index contributed by atoms with van der Waals surface area (Å²) in [6.07, 6.45) is 0. The number of nitrogens with two attached hydrogens (primary N) is 1. The van der Waals surface area contributed by atoms with Crippen molar-refractivity contribution in [3.05, 3.63) is 65.7 Å². The molecule has 0 atom stereocenters. The summed E-state index contributed by atoms with van der Waals surface area (Å²) in [4.78, 5) is 10.6. The molecule has 98 valence electrons. The first-order chi connectivity index (χ1) is 9.24. The van der Waals surface area contributed by atoms with Crippen molar-refractivity contribution in [3.63, 3.8) is 0 Å². The zero-order valence-electron chi connectivity index (χ0n) is 10.5. The van der Waals surface area contributed by atoms with Gasteiger partial charge in [-0.2, -0.15) is 0 Å². The average Bonchev–Trinajstić information content (AvgIpc) is 2.44. The number of hydrogen-bond donors (Lipinski definition) is 2. The van der Waals surface area contributed by atoms with E-state index in [0.717, 1.165) is 16.9 Å². The molecule has 0 radical (unpaired) electrons. The third-order valence-electron chi connectivity index (χ3n) is 2.61. The number of amides is 2. The Labute approximate surface area is 112 Å². The van der Waals surface area contributed by atoms with E-state index in [1.165, 1.54) is 0 Å². The molecule has 2 aromatic carbocycles. The van der Waals surface area contributed by atoms with Crippen LogP contribution in [-0.4, -0.2) is 6.03 Å². The average molecular weight is 256 g/mol. The molecule has 4 nitrogen and oxygen atoms in total. The molecule has 19 heavy (non-hydrogen) atoms. The molecule has 0 saturated carbocycles. The van der Waals surface area contributed by atoms with Crippen LogP contribution in [-0.2, 0) is 13.2 Å². The Balaban J connectivity index is 1.93. The van der Waals surface area contributed by atoms with E-state index < -0.39 is 6.03 Å². The highest BCUT2D eigenvalue weighted by Crippen LogP contribution is 2.15. The van der Waals surface area contributed by atoms with Crippen LogP contribution in [0.25, 0.3) is 0 Å². The summed E-state index contributed by atoms with van der Waals surface area (Å²) in [6, 6.07) is 17.0. The molecule has 4 heteroatoms. The molecule has 0 fully saturated rings. The van der Waals surface area contributed by atoms with Gasteiger partial charge in [0.15, 0.2) is 0 Å². The van der Waals surface area contributed by atoms with Crippen LogP contribution in [0.4, 0.5) is 4.79 Å². The molecule has 0 aromatic heterocycles.